The topological polar surface area (TPSA) is 77.1 Å². The van der Waals surface area contributed by atoms with Crippen LogP contribution in [-0.4, -0.2) is 54.7 Å². The van der Waals surface area contributed by atoms with Crippen molar-refractivity contribution in [2.24, 2.45) is 0 Å². The second-order valence-electron chi connectivity index (χ2n) is 6.17. The van der Waals surface area contributed by atoms with E-state index in [2.05, 4.69) is 5.32 Å². The molecule has 2 heterocycles. The van der Waals surface area contributed by atoms with Crippen molar-refractivity contribution in [3.8, 4) is 17.2 Å². The lowest BCUT2D eigenvalue weighted by Gasteiger charge is -2.29. The Labute approximate surface area is 151 Å². The number of benzene rings is 1. The number of amides is 2. The average molecular weight is 366 g/mol. The molecule has 25 heavy (non-hydrogen) atoms. The summed E-state index contributed by atoms with van der Waals surface area (Å²) in [6.45, 7) is 2.02. The smallest absolute Gasteiger partial charge is 0.248 e. The number of ether oxygens (including phenoxy) is 3. The molecule has 2 saturated heterocycles. The summed E-state index contributed by atoms with van der Waals surface area (Å²) >= 11 is 1.66. The van der Waals surface area contributed by atoms with Crippen LogP contribution in [0, 0.1) is 0 Å². The summed E-state index contributed by atoms with van der Waals surface area (Å²) in [6.07, 6.45) is 1.28. The van der Waals surface area contributed by atoms with Gasteiger partial charge in [-0.3, -0.25) is 9.59 Å². The first-order chi connectivity index (χ1) is 11.9. The fourth-order valence-corrected chi connectivity index (χ4v) is 4.83. The van der Waals surface area contributed by atoms with Gasteiger partial charge in [0.15, 0.2) is 11.5 Å². The number of methoxy groups -OCH3 is 3. The van der Waals surface area contributed by atoms with E-state index in [1.807, 2.05) is 6.92 Å². The lowest BCUT2D eigenvalue weighted by atomic mass is 10.2. The van der Waals surface area contributed by atoms with Gasteiger partial charge >= 0.3 is 0 Å². The van der Waals surface area contributed by atoms with Gasteiger partial charge in [-0.05, 0) is 13.3 Å². The van der Waals surface area contributed by atoms with E-state index in [1.165, 1.54) is 21.3 Å². The van der Waals surface area contributed by atoms with Crippen molar-refractivity contribution < 1.29 is 23.8 Å². The van der Waals surface area contributed by atoms with Gasteiger partial charge in [0.2, 0.25) is 17.6 Å². The molecule has 0 radical (unpaired) electrons. The number of rotatable bonds is 5. The molecule has 7 nitrogen and oxygen atoms in total. The zero-order valence-electron chi connectivity index (χ0n) is 14.8. The monoisotopic (exact) mass is 366 g/mol. The molecule has 1 aromatic rings. The fourth-order valence-electron chi connectivity index (χ4n) is 3.39. The fraction of sp³-hybridized carbons (Fsp3) is 0.529. The van der Waals surface area contributed by atoms with Crippen LogP contribution in [-0.2, 0) is 9.59 Å². The minimum atomic E-state index is -0.468. The minimum absolute atomic E-state index is 0.0394. The lowest BCUT2D eigenvalue weighted by molar-refractivity contribution is -0.135. The van der Waals surface area contributed by atoms with E-state index < -0.39 is 6.04 Å². The Balaban J connectivity index is 1.83. The van der Waals surface area contributed by atoms with Crippen LogP contribution >= 0.6 is 11.8 Å². The third kappa shape index (κ3) is 2.99. The van der Waals surface area contributed by atoms with Gasteiger partial charge in [0.1, 0.15) is 6.04 Å². The first kappa shape index (κ1) is 17.7. The molecule has 1 N–H and O–H groups in total. The predicted molar refractivity (Wildman–Crippen MR) is 95.5 cm³/mol. The van der Waals surface area contributed by atoms with Gasteiger partial charge in [-0.15, -0.1) is 11.8 Å². The molecular weight excluding hydrogens is 344 g/mol. The summed E-state index contributed by atoms with van der Waals surface area (Å²) in [6, 6.07) is 2.88. The molecule has 3 rings (SSSR count). The lowest BCUT2D eigenvalue weighted by Crippen LogP contribution is -2.48. The van der Waals surface area contributed by atoms with Crippen molar-refractivity contribution in [1.29, 1.82) is 0 Å². The molecule has 0 aromatic heterocycles. The molecule has 136 valence electrons. The molecule has 0 aliphatic carbocycles. The van der Waals surface area contributed by atoms with Crippen LogP contribution in [0.1, 0.15) is 19.8 Å². The van der Waals surface area contributed by atoms with Gasteiger partial charge in [0.25, 0.3) is 0 Å². The van der Waals surface area contributed by atoms with Crippen LogP contribution in [0.3, 0.4) is 0 Å². The maximum Gasteiger partial charge on any atom is 0.248 e. The minimum Gasteiger partial charge on any atom is -0.493 e. The molecular formula is C17H22N2O5S. The van der Waals surface area contributed by atoms with Crippen molar-refractivity contribution in [3.63, 3.8) is 0 Å². The molecule has 2 aliphatic rings. The van der Waals surface area contributed by atoms with Gasteiger partial charge in [-0.2, -0.15) is 0 Å². The van der Waals surface area contributed by atoms with Gasteiger partial charge < -0.3 is 24.4 Å². The molecule has 0 saturated carbocycles. The molecule has 8 heteroatoms. The average Bonchev–Trinajstić information content (AvgIpc) is 3.10. The SMILES string of the molecule is COc1cc(NC(=O)C2CSC3(C)CCC(=O)N23)cc(OC)c1OC. The van der Waals surface area contributed by atoms with E-state index in [4.69, 9.17) is 14.2 Å². The molecule has 2 atom stereocenters. The normalized spacial score (nSPS) is 24.9. The second kappa shape index (κ2) is 6.67. The van der Waals surface area contributed by atoms with Crippen molar-refractivity contribution >= 4 is 29.3 Å². The summed E-state index contributed by atoms with van der Waals surface area (Å²) in [4.78, 5) is 26.4. The van der Waals surface area contributed by atoms with Crippen LogP contribution in [0.25, 0.3) is 0 Å². The number of carbonyl (C=O) groups excluding carboxylic acids is 2. The number of carbonyl (C=O) groups is 2. The molecule has 1 aromatic carbocycles. The summed E-state index contributed by atoms with van der Waals surface area (Å²) < 4.78 is 15.9. The van der Waals surface area contributed by atoms with Crippen LogP contribution in [0.2, 0.25) is 0 Å². The summed E-state index contributed by atoms with van der Waals surface area (Å²) in [5.74, 6) is 1.80. The number of nitrogens with one attached hydrogen (secondary N) is 1. The summed E-state index contributed by atoms with van der Waals surface area (Å²) in [5.41, 5.74) is 0.532. The van der Waals surface area contributed by atoms with Crippen LogP contribution in [0.4, 0.5) is 5.69 Å². The van der Waals surface area contributed by atoms with E-state index in [9.17, 15) is 9.59 Å². The Kier molecular flexibility index (Phi) is 4.73. The Morgan fingerprint density at radius 1 is 1.24 bits per heavy atom. The third-order valence-electron chi connectivity index (χ3n) is 4.68. The zero-order chi connectivity index (χ0) is 18.2. The molecule has 2 fully saturated rings. The largest absolute Gasteiger partial charge is 0.493 e. The van der Waals surface area contributed by atoms with Crippen LogP contribution < -0.4 is 19.5 Å². The van der Waals surface area contributed by atoms with Crippen LogP contribution in [0.15, 0.2) is 12.1 Å². The molecule has 0 bridgehead atoms. The number of fused-ring (bicyclic) bond motifs is 1. The Morgan fingerprint density at radius 3 is 2.44 bits per heavy atom. The second-order valence-corrected chi connectivity index (χ2v) is 7.67. The predicted octanol–water partition coefficient (Wildman–Crippen LogP) is 2.10. The maximum atomic E-state index is 12.8. The summed E-state index contributed by atoms with van der Waals surface area (Å²) in [5, 5.41) is 2.87. The highest BCUT2D eigenvalue weighted by molar-refractivity contribution is 8.01. The third-order valence-corrected chi connectivity index (χ3v) is 6.18. The number of nitrogens with zero attached hydrogens (tertiary/aromatic N) is 1. The van der Waals surface area contributed by atoms with E-state index in [0.717, 1.165) is 6.42 Å². The van der Waals surface area contributed by atoms with Gasteiger partial charge in [0, 0.05) is 30.0 Å². The highest BCUT2D eigenvalue weighted by Crippen LogP contribution is 2.47. The van der Waals surface area contributed by atoms with Crippen molar-refractivity contribution in [2.75, 3.05) is 32.4 Å². The maximum absolute atomic E-state index is 12.8. The standard InChI is InChI=1S/C17H22N2O5S/c1-17-6-5-14(20)19(17)11(9-25-17)16(21)18-10-7-12(22-2)15(24-4)13(8-10)23-3/h7-8,11H,5-6,9H2,1-4H3,(H,18,21). The number of hydrogen-bond donors (Lipinski definition) is 1. The molecule has 2 amide bonds. The zero-order valence-corrected chi connectivity index (χ0v) is 15.6. The number of thioether (sulfide) groups is 1. The summed E-state index contributed by atoms with van der Waals surface area (Å²) in [7, 11) is 4.56. The van der Waals surface area contributed by atoms with Gasteiger partial charge in [-0.1, -0.05) is 0 Å². The Hall–Kier alpha value is -2.09. The van der Waals surface area contributed by atoms with Crippen molar-refractivity contribution in [2.45, 2.75) is 30.7 Å². The highest BCUT2D eigenvalue weighted by Gasteiger charge is 2.52. The van der Waals surface area contributed by atoms with E-state index >= 15 is 0 Å². The molecule has 2 unspecified atom stereocenters. The number of hydrogen-bond acceptors (Lipinski definition) is 6. The molecule has 2 aliphatic heterocycles. The van der Waals surface area contributed by atoms with E-state index in [1.54, 1.807) is 28.8 Å². The van der Waals surface area contributed by atoms with Crippen molar-refractivity contribution in [3.05, 3.63) is 12.1 Å². The highest BCUT2D eigenvalue weighted by atomic mass is 32.2. The van der Waals surface area contributed by atoms with E-state index in [-0.39, 0.29) is 16.7 Å². The quantitative estimate of drug-likeness (QED) is 0.860. The van der Waals surface area contributed by atoms with Gasteiger partial charge in [0.05, 0.1) is 26.2 Å². The van der Waals surface area contributed by atoms with Crippen molar-refractivity contribution in [1.82, 2.24) is 4.90 Å². The Bertz CT molecular complexity index is 685. The van der Waals surface area contributed by atoms with E-state index in [0.29, 0.717) is 35.1 Å². The van der Waals surface area contributed by atoms with Crippen LogP contribution in [0.5, 0.6) is 17.2 Å². The van der Waals surface area contributed by atoms with Gasteiger partial charge in [-0.25, -0.2) is 0 Å². The molecule has 0 spiro atoms. The first-order valence-electron chi connectivity index (χ1n) is 8.00. The number of anilines is 1. The first-order valence-corrected chi connectivity index (χ1v) is 8.99. The Morgan fingerprint density at radius 2 is 1.88 bits per heavy atom.